The number of rotatable bonds is 6. The molecule has 1 aromatic carbocycles. The average molecular weight is 233 g/mol. The Morgan fingerprint density at radius 1 is 1.12 bits per heavy atom. The third-order valence-electron chi connectivity index (χ3n) is 3.93. The SMILES string of the molecule is CCC(C)(C)C(Cc1ccccc1)CN(C)C. The molecule has 0 saturated carbocycles. The molecule has 0 aliphatic carbocycles. The molecule has 17 heavy (non-hydrogen) atoms. The first kappa shape index (κ1) is 14.2. The average Bonchev–Trinajstić information content (AvgIpc) is 2.29. The van der Waals surface area contributed by atoms with Crippen molar-refractivity contribution in [1.82, 2.24) is 4.90 Å². The molecule has 1 nitrogen and oxygen atoms in total. The van der Waals surface area contributed by atoms with E-state index in [0.29, 0.717) is 11.3 Å². The maximum absolute atomic E-state index is 2.39. The minimum absolute atomic E-state index is 0.403. The van der Waals surface area contributed by atoms with Crippen molar-refractivity contribution in [3.8, 4) is 0 Å². The summed E-state index contributed by atoms with van der Waals surface area (Å²) in [5.41, 5.74) is 1.86. The van der Waals surface area contributed by atoms with Crippen molar-refractivity contribution in [3.63, 3.8) is 0 Å². The lowest BCUT2D eigenvalue weighted by atomic mass is 9.73. The molecule has 0 amide bonds. The van der Waals surface area contributed by atoms with E-state index >= 15 is 0 Å². The van der Waals surface area contributed by atoms with Gasteiger partial charge >= 0.3 is 0 Å². The van der Waals surface area contributed by atoms with Crippen molar-refractivity contribution in [2.45, 2.75) is 33.6 Å². The van der Waals surface area contributed by atoms with Gasteiger partial charge in [0.25, 0.3) is 0 Å². The van der Waals surface area contributed by atoms with E-state index in [4.69, 9.17) is 0 Å². The summed E-state index contributed by atoms with van der Waals surface area (Å²) in [6.45, 7) is 8.25. The summed E-state index contributed by atoms with van der Waals surface area (Å²) in [7, 11) is 4.34. The summed E-state index contributed by atoms with van der Waals surface area (Å²) >= 11 is 0. The fraction of sp³-hybridized carbons (Fsp3) is 0.625. The molecular formula is C16H27N. The molecular weight excluding hydrogens is 206 g/mol. The van der Waals surface area contributed by atoms with E-state index in [0.717, 1.165) is 6.54 Å². The quantitative estimate of drug-likeness (QED) is 0.721. The van der Waals surface area contributed by atoms with Gasteiger partial charge < -0.3 is 4.90 Å². The number of benzene rings is 1. The highest BCUT2D eigenvalue weighted by molar-refractivity contribution is 5.15. The van der Waals surface area contributed by atoms with Gasteiger partial charge in [-0.1, -0.05) is 57.5 Å². The van der Waals surface area contributed by atoms with Crippen LogP contribution in [0.25, 0.3) is 0 Å². The van der Waals surface area contributed by atoms with Crippen molar-refractivity contribution >= 4 is 0 Å². The molecule has 0 spiro atoms. The van der Waals surface area contributed by atoms with Crippen LogP contribution in [0.5, 0.6) is 0 Å². The lowest BCUT2D eigenvalue weighted by Gasteiger charge is -2.35. The maximum Gasteiger partial charge on any atom is 0.00118 e. The van der Waals surface area contributed by atoms with E-state index in [9.17, 15) is 0 Å². The van der Waals surface area contributed by atoms with Crippen LogP contribution in [0.4, 0.5) is 0 Å². The summed E-state index contributed by atoms with van der Waals surface area (Å²) in [5.74, 6) is 0.713. The Morgan fingerprint density at radius 3 is 2.18 bits per heavy atom. The second-order valence-corrected chi connectivity index (χ2v) is 5.99. The van der Waals surface area contributed by atoms with Crippen molar-refractivity contribution < 1.29 is 0 Å². The molecule has 0 aliphatic heterocycles. The summed E-state index contributed by atoms with van der Waals surface area (Å²) in [4.78, 5) is 2.31. The zero-order valence-electron chi connectivity index (χ0n) is 12.0. The topological polar surface area (TPSA) is 3.24 Å². The summed E-state index contributed by atoms with van der Waals surface area (Å²) < 4.78 is 0. The monoisotopic (exact) mass is 233 g/mol. The second-order valence-electron chi connectivity index (χ2n) is 5.99. The molecule has 1 heteroatoms. The normalized spacial score (nSPS) is 14.0. The van der Waals surface area contributed by atoms with Crippen LogP contribution in [0.2, 0.25) is 0 Å². The van der Waals surface area contributed by atoms with Gasteiger partial charge in [0.05, 0.1) is 0 Å². The fourth-order valence-corrected chi connectivity index (χ4v) is 2.22. The Kier molecular flexibility index (Phi) is 5.20. The molecule has 0 saturated heterocycles. The van der Waals surface area contributed by atoms with Gasteiger partial charge in [-0.05, 0) is 37.4 Å². The van der Waals surface area contributed by atoms with Gasteiger partial charge in [-0.3, -0.25) is 0 Å². The van der Waals surface area contributed by atoms with Crippen LogP contribution in [0.3, 0.4) is 0 Å². The van der Waals surface area contributed by atoms with Gasteiger partial charge in [-0.25, -0.2) is 0 Å². The predicted molar refractivity (Wildman–Crippen MR) is 76.3 cm³/mol. The zero-order valence-corrected chi connectivity index (χ0v) is 12.0. The molecule has 0 radical (unpaired) electrons. The molecule has 0 bridgehead atoms. The van der Waals surface area contributed by atoms with E-state index in [1.807, 2.05) is 0 Å². The summed E-state index contributed by atoms with van der Waals surface area (Å²) in [5, 5.41) is 0. The van der Waals surface area contributed by atoms with Crippen LogP contribution < -0.4 is 0 Å². The van der Waals surface area contributed by atoms with Crippen molar-refractivity contribution in [2.24, 2.45) is 11.3 Å². The van der Waals surface area contributed by atoms with E-state index in [2.05, 4.69) is 70.1 Å². The van der Waals surface area contributed by atoms with E-state index in [1.54, 1.807) is 0 Å². The van der Waals surface area contributed by atoms with Crippen molar-refractivity contribution in [3.05, 3.63) is 35.9 Å². The van der Waals surface area contributed by atoms with Crippen LogP contribution in [-0.4, -0.2) is 25.5 Å². The minimum atomic E-state index is 0.403. The van der Waals surface area contributed by atoms with E-state index in [1.165, 1.54) is 18.4 Å². The number of hydrogen-bond donors (Lipinski definition) is 0. The van der Waals surface area contributed by atoms with Gasteiger partial charge in [-0.2, -0.15) is 0 Å². The molecule has 0 N–H and O–H groups in total. The molecule has 96 valence electrons. The molecule has 0 heterocycles. The van der Waals surface area contributed by atoms with Crippen LogP contribution in [-0.2, 0) is 6.42 Å². The number of hydrogen-bond acceptors (Lipinski definition) is 1. The fourth-order valence-electron chi connectivity index (χ4n) is 2.22. The van der Waals surface area contributed by atoms with E-state index < -0.39 is 0 Å². The highest BCUT2D eigenvalue weighted by Crippen LogP contribution is 2.33. The summed E-state index contributed by atoms with van der Waals surface area (Å²) in [6.07, 6.45) is 2.41. The Labute approximate surface area is 107 Å². The number of nitrogens with zero attached hydrogens (tertiary/aromatic N) is 1. The Hall–Kier alpha value is -0.820. The van der Waals surface area contributed by atoms with Gasteiger partial charge in [-0.15, -0.1) is 0 Å². The highest BCUT2D eigenvalue weighted by Gasteiger charge is 2.28. The largest absolute Gasteiger partial charge is 0.309 e. The molecule has 0 fully saturated rings. The Bertz CT molecular complexity index is 314. The van der Waals surface area contributed by atoms with Crippen molar-refractivity contribution in [2.75, 3.05) is 20.6 Å². The minimum Gasteiger partial charge on any atom is -0.309 e. The predicted octanol–water partition coefficient (Wildman–Crippen LogP) is 3.84. The standard InChI is InChI=1S/C16H27N/c1-6-16(2,3)15(13-17(4)5)12-14-10-8-7-9-11-14/h7-11,15H,6,12-13H2,1-5H3. The van der Waals surface area contributed by atoms with Crippen LogP contribution in [0, 0.1) is 11.3 Å². The first-order valence-corrected chi connectivity index (χ1v) is 6.64. The van der Waals surface area contributed by atoms with Gasteiger partial charge in [0.2, 0.25) is 0 Å². The molecule has 1 atom stereocenters. The first-order valence-electron chi connectivity index (χ1n) is 6.64. The maximum atomic E-state index is 2.39. The lowest BCUT2D eigenvalue weighted by molar-refractivity contribution is 0.158. The zero-order chi connectivity index (χ0) is 12.9. The first-order chi connectivity index (χ1) is 7.95. The molecule has 1 rings (SSSR count). The van der Waals surface area contributed by atoms with Gasteiger partial charge in [0.1, 0.15) is 0 Å². The molecule has 0 aliphatic rings. The van der Waals surface area contributed by atoms with Crippen molar-refractivity contribution in [1.29, 1.82) is 0 Å². The van der Waals surface area contributed by atoms with E-state index in [-0.39, 0.29) is 0 Å². The highest BCUT2D eigenvalue weighted by atomic mass is 15.1. The van der Waals surface area contributed by atoms with Gasteiger partial charge in [0, 0.05) is 6.54 Å². The molecule has 0 aromatic heterocycles. The smallest absolute Gasteiger partial charge is 0.00118 e. The van der Waals surface area contributed by atoms with Gasteiger partial charge in [0.15, 0.2) is 0 Å². The second kappa shape index (κ2) is 6.20. The Morgan fingerprint density at radius 2 is 1.71 bits per heavy atom. The molecule has 1 aromatic rings. The molecule has 1 unspecified atom stereocenters. The third kappa shape index (κ3) is 4.51. The lowest BCUT2D eigenvalue weighted by Crippen LogP contribution is -2.34. The Balaban J connectivity index is 2.77. The van der Waals surface area contributed by atoms with Crippen LogP contribution in [0.15, 0.2) is 30.3 Å². The van der Waals surface area contributed by atoms with Crippen LogP contribution in [0.1, 0.15) is 32.8 Å². The third-order valence-corrected chi connectivity index (χ3v) is 3.93. The summed E-state index contributed by atoms with van der Waals surface area (Å²) in [6, 6.07) is 10.9. The van der Waals surface area contributed by atoms with Crippen LogP contribution >= 0.6 is 0 Å².